The maximum absolute atomic E-state index is 12.9. The molecule has 1 aliphatic heterocycles. The fourth-order valence-electron chi connectivity index (χ4n) is 3.21. The van der Waals surface area contributed by atoms with Crippen LogP contribution >= 0.6 is 0 Å². The van der Waals surface area contributed by atoms with E-state index in [0.29, 0.717) is 23.9 Å². The van der Waals surface area contributed by atoms with Crippen LogP contribution in [0, 0.1) is 0 Å². The summed E-state index contributed by atoms with van der Waals surface area (Å²) in [4.78, 5) is 23.0. The van der Waals surface area contributed by atoms with Crippen molar-refractivity contribution in [1.29, 1.82) is 0 Å². The number of nitrogens with zero attached hydrogens (tertiary/aromatic N) is 3. The topological polar surface area (TPSA) is 64.6 Å². The fourth-order valence-corrected chi connectivity index (χ4v) is 3.21. The number of likely N-dealkylation sites (tertiary alicyclic amines) is 1. The molecule has 0 radical (unpaired) electrons. The highest BCUT2D eigenvalue weighted by atomic mass is 16.5. The molecule has 3 rings (SSSR count). The predicted molar refractivity (Wildman–Crippen MR) is 103 cm³/mol. The zero-order valence-electron chi connectivity index (χ0n) is 16.4. The molecule has 1 unspecified atom stereocenters. The molecule has 2 aromatic rings. The summed E-state index contributed by atoms with van der Waals surface area (Å²) in [6.45, 7) is 7.75. The van der Waals surface area contributed by atoms with Crippen LogP contribution in [-0.4, -0.2) is 47.1 Å². The van der Waals surface area contributed by atoms with Gasteiger partial charge in [0.1, 0.15) is 6.10 Å². The number of hydrogen-bond donors (Lipinski definition) is 0. The number of amides is 1. The van der Waals surface area contributed by atoms with Gasteiger partial charge in [0, 0.05) is 24.5 Å². The average Bonchev–Trinajstić information content (AvgIpc) is 2.67. The molecular formula is C21H27N3O3. The van der Waals surface area contributed by atoms with Gasteiger partial charge in [-0.05, 0) is 36.0 Å². The Morgan fingerprint density at radius 3 is 2.41 bits per heavy atom. The fraction of sp³-hybridized carbons (Fsp3) is 0.476. The zero-order chi connectivity index (χ0) is 19.4. The third-order valence-electron chi connectivity index (χ3n) is 4.77. The first-order valence-corrected chi connectivity index (χ1v) is 9.30. The van der Waals surface area contributed by atoms with E-state index >= 15 is 0 Å². The normalized spacial score (nSPS) is 17.5. The lowest BCUT2D eigenvalue weighted by molar-refractivity contribution is 0.0519. The van der Waals surface area contributed by atoms with Crippen LogP contribution in [-0.2, 0) is 5.41 Å². The van der Waals surface area contributed by atoms with E-state index in [2.05, 4.69) is 30.7 Å². The van der Waals surface area contributed by atoms with Crippen molar-refractivity contribution in [3.05, 3.63) is 47.8 Å². The van der Waals surface area contributed by atoms with Gasteiger partial charge >= 0.3 is 0 Å². The van der Waals surface area contributed by atoms with Gasteiger partial charge in [0.2, 0.25) is 0 Å². The Morgan fingerprint density at radius 2 is 1.78 bits per heavy atom. The van der Waals surface area contributed by atoms with E-state index in [-0.39, 0.29) is 17.4 Å². The van der Waals surface area contributed by atoms with Gasteiger partial charge in [-0.25, -0.2) is 9.97 Å². The summed E-state index contributed by atoms with van der Waals surface area (Å²) in [5, 5.41) is 0. The molecule has 0 bridgehead atoms. The number of ether oxygens (including phenoxy) is 2. The summed E-state index contributed by atoms with van der Waals surface area (Å²) in [5.41, 5.74) is 2.00. The third-order valence-corrected chi connectivity index (χ3v) is 4.77. The summed E-state index contributed by atoms with van der Waals surface area (Å²) < 4.78 is 11.2. The second-order valence-electron chi connectivity index (χ2n) is 7.83. The molecular weight excluding hydrogens is 342 g/mol. The second-order valence-corrected chi connectivity index (χ2v) is 7.83. The molecule has 1 aromatic carbocycles. The van der Waals surface area contributed by atoms with Crippen molar-refractivity contribution in [3.8, 4) is 11.8 Å². The highest BCUT2D eigenvalue weighted by Crippen LogP contribution is 2.25. The lowest BCUT2D eigenvalue weighted by atomic mass is 9.86. The van der Waals surface area contributed by atoms with Crippen molar-refractivity contribution in [2.45, 2.75) is 45.1 Å². The van der Waals surface area contributed by atoms with Crippen LogP contribution in [0.3, 0.4) is 0 Å². The third kappa shape index (κ3) is 4.56. The molecule has 0 aliphatic carbocycles. The van der Waals surface area contributed by atoms with Crippen LogP contribution in [0.1, 0.15) is 49.5 Å². The number of hydrogen-bond acceptors (Lipinski definition) is 5. The number of piperidine rings is 1. The van der Waals surface area contributed by atoms with E-state index in [4.69, 9.17) is 9.47 Å². The van der Waals surface area contributed by atoms with E-state index in [0.717, 1.165) is 19.4 Å². The Kier molecular flexibility index (Phi) is 5.63. The first-order chi connectivity index (χ1) is 12.9. The SMILES string of the molecule is COc1nccnc1OC1CCCN(C(=O)c2ccc(C(C)(C)C)cc2)C1. The van der Waals surface area contributed by atoms with Crippen molar-refractivity contribution in [2.75, 3.05) is 20.2 Å². The standard InChI is InChI=1S/C21H27N3O3/c1-21(2,3)16-9-7-15(8-10-16)20(25)24-13-5-6-17(14-24)27-19-18(26-4)22-11-12-23-19/h7-12,17H,5-6,13-14H2,1-4H3. The summed E-state index contributed by atoms with van der Waals surface area (Å²) in [5.74, 6) is 0.766. The van der Waals surface area contributed by atoms with E-state index in [1.165, 1.54) is 12.7 Å². The van der Waals surface area contributed by atoms with Crippen molar-refractivity contribution in [1.82, 2.24) is 14.9 Å². The quantitative estimate of drug-likeness (QED) is 0.826. The lowest BCUT2D eigenvalue weighted by Gasteiger charge is -2.32. The van der Waals surface area contributed by atoms with Gasteiger partial charge in [-0.2, -0.15) is 0 Å². The smallest absolute Gasteiger partial charge is 0.278 e. The van der Waals surface area contributed by atoms with E-state index in [9.17, 15) is 4.79 Å². The molecule has 0 spiro atoms. The molecule has 1 atom stereocenters. The minimum Gasteiger partial charge on any atom is -0.477 e. The molecule has 144 valence electrons. The molecule has 1 amide bonds. The molecule has 1 aromatic heterocycles. The molecule has 6 nitrogen and oxygen atoms in total. The molecule has 2 heterocycles. The molecule has 6 heteroatoms. The maximum atomic E-state index is 12.9. The Bertz CT molecular complexity index is 784. The number of carbonyl (C=O) groups is 1. The maximum Gasteiger partial charge on any atom is 0.278 e. The summed E-state index contributed by atoms with van der Waals surface area (Å²) in [7, 11) is 1.54. The van der Waals surface area contributed by atoms with Gasteiger partial charge in [-0.15, -0.1) is 0 Å². The second kappa shape index (κ2) is 7.94. The highest BCUT2D eigenvalue weighted by molar-refractivity contribution is 5.94. The van der Waals surface area contributed by atoms with Crippen LogP contribution < -0.4 is 9.47 Å². The number of aromatic nitrogens is 2. The van der Waals surface area contributed by atoms with Crippen molar-refractivity contribution in [3.63, 3.8) is 0 Å². The molecule has 1 aliphatic rings. The van der Waals surface area contributed by atoms with Gasteiger partial charge in [-0.1, -0.05) is 32.9 Å². The van der Waals surface area contributed by atoms with E-state index in [1.807, 2.05) is 29.2 Å². The van der Waals surface area contributed by atoms with Crippen molar-refractivity contribution < 1.29 is 14.3 Å². The number of carbonyl (C=O) groups excluding carboxylic acids is 1. The van der Waals surface area contributed by atoms with Crippen molar-refractivity contribution >= 4 is 5.91 Å². The van der Waals surface area contributed by atoms with Crippen LogP contribution in [0.25, 0.3) is 0 Å². The number of methoxy groups -OCH3 is 1. The Hall–Kier alpha value is -2.63. The zero-order valence-corrected chi connectivity index (χ0v) is 16.4. The van der Waals surface area contributed by atoms with E-state index in [1.54, 1.807) is 12.4 Å². The Morgan fingerprint density at radius 1 is 1.11 bits per heavy atom. The van der Waals surface area contributed by atoms with E-state index < -0.39 is 0 Å². The van der Waals surface area contributed by atoms with Crippen LogP contribution in [0.15, 0.2) is 36.7 Å². The summed E-state index contributed by atoms with van der Waals surface area (Å²) in [6, 6.07) is 7.91. The van der Waals surface area contributed by atoms with Gasteiger partial charge in [0.15, 0.2) is 0 Å². The number of benzene rings is 1. The molecule has 1 saturated heterocycles. The predicted octanol–water partition coefficient (Wildman–Crippen LogP) is 3.47. The first-order valence-electron chi connectivity index (χ1n) is 9.30. The minimum absolute atomic E-state index is 0.0369. The van der Waals surface area contributed by atoms with Gasteiger partial charge in [0.25, 0.3) is 17.7 Å². The van der Waals surface area contributed by atoms with Gasteiger partial charge in [0.05, 0.1) is 13.7 Å². The molecule has 27 heavy (non-hydrogen) atoms. The summed E-state index contributed by atoms with van der Waals surface area (Å²) >= 11 is 0. The molecule has 0 N–H and O–H groups in total. The van der Waals surface area contributed by atoms with Crippen LogP contribution in [0.4, 0.5) is 0 Å². The molecule has 1 fully saturated rings. The van der Waals surface area contributed by atoms with Gasteiger partial charge in [-0.3, -0.25) is 4.79 Å². The minimum atomic E-state index is -0.123. The van der Waals surface area contributed by atoms with Crippen molar-refractivity contribution in [2.24, 2.45) is 0 Å². The first kappa shape index (κ1) is 19.1. The van der Waals surface area contributed by atoms with Gasteiger partial charge < -0.3 is 14.4 Å². The van der Waals surface area contributed by atoms with Crippen LogP contribution in [0.2, 0.25) is 0 Å². The molecule has 0 saturated carbocycles. The Balaban J connectivity index is 1.67. The largest absolute Gasteiger partial charge is 0.477 e. The Labute approximate surface area is 160 Å². The van der Waals surface area contributed by atoms with Crippen LogP contribution in [0.5, 0.6) is 11.8 Å². The number of rotatable bonds is 4. The monoisotopic (exact) mass is 369 g/mol. The summed E-state index contributed by atoms with van der Waals surface area (Å²) in [6.07, 6.45) is 4.76. The average molecular weight is 369 g/mol. The lowest BCUT2D eigenvalue weighted by Crippen LogP contribution is -2.44. The highest BCUT2D eigenvalue weighted by Gasteiger charge is 2.27.